The van der Waals surface area contributed by atoms with Crippen molar-refractivity contribution >= 4 is 32.3 Å². The third-order valence-corrected chi connectivity index (χ3v) is 7.96. The van der Waals surface area contributed by atoms with E-state index in [1.54, 1.807) is 48.1 Å². The van der Waals surface area contributed by atoms with Gasteiger partial charge in [-0.05, 0) is 48.2 Å². The predicted molar refractivity (Wildman–Crippen MR) is 151 cm³/mol. The van der Waals surface area contributed by atoms with Crippen LogP contribution in [0, 0.1) is 17.7 Å². The summed E-state index contributed by atoms with van der Waals surface area (Å²) < 4.78 is 66.3. The molecular weight excluding hydrogens is 577 g/mol. The fourth-order valence-electron chi connectivity index (χ4n) is 5.17. The molecule has 1 aliphatic rings. The summed E-state index contributed by atoms with van der Waals surface area (Å²) in [5.41, 5.74) is 8.08. The maximum absolute atomic E-state index is 13.9. The fraction of sp³-hybridized carbons (Fsp3) is 0.310. The second-order valence-corrected chi connectivity index (χ2v) is 13.1. The highest BCUT2D eigenvalue weighted by atomic mass is 35.5. The van der Waals surface area contributed by atoms with Crippen LogP contribution in [0.25, 0.3) is 22.0 Å². The van der Waals surface area contributed by atoms with Gasteiger partial charge >= 0.3 is 0 Å². The first-order valence-electron chi connectivity index (χ1n) is 12.6. The van der Waals surface area contributed by atoms with Crippen LogP contribution in [0.15, 0.2) is 48.5 Å². The molecule has 3 N–H and O–H groups in total. The van der Waals surface area contributed by atoms with Crippen LogP contribution in [0.4, 0.5) is 13.2 Å². The van der Waals surface area contributed by atoms with E-state index in [0.717, 1.165) is 6.26 Å². The van der Waals surface area contributed by atoms with E-state index in [1.807, 2.05) is 0 Å². The van der Waals surface area contributed by atoms with Crippen molar-refractivity contribution in [1.82, 2.24) is 14.8 Å². The number of alkyl halides is 2. The van der Waals surface area contributed by atoms with E-state index in [0.29, 0.717) is 44.0 Å². The Bertz CT molecular complexity index is 1840. The summed E-state index contributed by atoms with van der Waals surface area (Å²) in [7, 11) is -1.75. The number of rotatable bonds is 6. The Morgan fingerprint density at radius 3 is 2.54 bits per heavy atom. The monoisotopic (exact) mass is 602 g/mol. The second kappa shape index (κ2) is 10.4. The molecule has 1 atom stereocenters. The summed E-state index contributed by atoms with van der Waals surface area (Å²) >= 11 is 6.52. The molecule has 7 nitrogen and oxygen atoms in total. The van der Waals surface area contributed by atoms with Crippen molar-refractivity contribution in [2.24, 2.45) is 12.8 Å². The van der Waals surface area contributed by atoms with E-state index in [4.69, 9.17) is 17.3 Å². The maximum atomic E-state index is 13.9. The fourth-order valence-corrected chi connectivity index (χ4v) is 6.13. The summed E-state index contributed by atoms with van der Waals surface area (Å²) in [4.78, 5) is 4.64. The second-order valence-electron chi connectivity index (χ2n) is 10.5. The lowest BCUT2D eigenvalue weighted by Crippen LogP contribution is -2.50. The molecule has 1 aliphatic carbocycles. The standard InChI is InChI=1S/C29H26ClF3N4O3S/c1-37-27-21(8-9-22(30)25(27)24(36-37)14-41(2,39)40)20-7-6-19(10-11-28(38)15-29(32,33)16-28)35-26(20)23(34)13-17-4-3-5-18(31)12-17/h3-9,12,23,38H,13-16,34H2,1-2H3/t23-/m0/s1. The summed E-state index contributed by atoms with van der Waals surface area (Å²) in [6, 6.07) is 11.9. The van der Waals surface area contributed by atoms with Gasteiger partial charge in [0.15, 0.2) is 9.84 Å². The number of nitrogens with two attached hydrogens (primary N) is 1. The topological polar surface area (TPSA) is 111 Å². The zero-order chi connectivity index (χ0) is 29.7. The average Bonchev–Trinajstić information content (AvgIpc) is 3.17. The van der Waals surface area contributed by atoms with E-state index in [9.17, 15) is 26.7 Å². The van der Waals surface area contributed by atoms with Crippen LogP contribution >= 0.6 is 11.6 Å². The van der Waals surface area contributed by atoms with Gasteiger partial charge < -0.3 is 10.8 Å². The molecule has 5 rings (SSSR count). The minimum atomic E-state index is -3.42. The van der Waals surface area contributed by atoms with Gasteiger partial charge in [-0.1, -0.05) is 35.7 Å². The van der Waals surface area contributed by atoms with Gasteiger partial charge in [0.05, 0.1) is 46.6 Å². The molecule has 2 aromatic heterocycles. The molecule has 1 fully saturated rings. The molecule has 0 aliphatic heterocycles. The van der Waals surface area contributed by atoms with Crippen LogP contribution in [0.3, 0.4) is 0 Å². The first-order chi connectivity index (χ1) is 19.1. The molecule has 2 aromatic carbocycles. The summed E-state index contributed by atoms with van der Waals surface area (Å²) in [5, 5.41) is 15.5. The van der Waals surface area contributed by atoms with Gasteiger partial charge in [0.2, 0.25) is 0 Å². The Labute approximate surface area is 240 Å². The van der Waals surface area contributed by atoms with E-state index in [-0.39, 0.29) is 17.9 Å². The van der Waals surface area contributed by atoms with Gasteiger partial charge in [-0.3, -0.25) is 4.68 Å². The minimum absolute atomic E-state index is 0.204. The van der Waals surface area contributed by atoms with Crippen LogP contribution in [-0.2, 0) is 29.1 Å². The van der Waals surface area contributed by atoms with Gasteiger partial charge in [0.1, 0.15) is 17.1 Å². The van der Waals surface area contributed by atoms with E-state index < -0.39 is 46.1 Å². The Morgan fingerprint density at radius 2 is 1.88 bits per heavy atom. The first-order valence-corrected chi connectivity index (χ1v) is 15.0. The molecule has 4 aromatic rings. The van der Waals surface area contributed by atoms with Crippen LogP contribution < -0.4 is 5.73 Å². The van der Waals surface area contributed by atoms with Gasteiger partial charge in [-0.15, -0.1) is 0 Å². The number of nitrogens with zero attached hydrogens (tertiary/aromatic N) is 3. The highest BCUT2D eigenvalue weighted by Gasteiger charge is 2.55. The Balaban J connectivity index is 1.64. The lowest BCUT2D eigenvalue weighted by molar-refractivity contribution is -0.176. The smallest absolute Gasteiger partial charge is 0.255 e. The normalized spacial score (nSPS) is 16.6. The third-order valence-electron chi connectivity index (χ3n) is 6.85. The van der Waals surface area contributed by atoms with Crippen molar-refractivity contribution in [1.29, 1.82) is 0 Å². The molecule has 1 saturated carbocycles. The van der Waals surface area contributed by atoms with E-state index in [1.165, 1.54) is 12.1 Å². The van der Waals surface area contributed by atoms with Crippen LogP contribution in [0.1, 0.15) is 41.5 Å². The number of hydrogen-bond donors (Lipinski definition) is 2. The van der Waals surface area contributed by atoms with Crippen LogP contribution in [0.5, 0.6) is 0 Å². The van der Waals surface area contributed by atoms with Gasteiger partial charge in [-0.25, -0.2) is 26.6 Å². The number of hydrogen-bond acceptors (Lipinski definition) is 6. The molecule has 2 heterocycles. The summed E-state index contributed by atoms with van der Waals surface area (Å²) in [6.07, 6.45) is -0.182. The Morgan fingerprint density at radius 1 is 1.17 bits per heavy atom. The number of aliphatic hydroxyl groups is 1. The number of benzene rings is 2. The number of pyridine rings is 1. The molecule has 0 amide bonds. The Kier molecular flexibility index (Phi) is 7.40. The molecule has 41 heavy (non-hydrogen) atoms. The zero-order valence-corrected chi connectivity index (χ0v) is 23.7. The van der Waals surface area contributed by atoms with Crippen molar-refractivity contribution in [3.05, 3.63) is 82.0 Å². The number of fused-ring (bicyclic) bond motifs is 1. The SMILES string of the molecule is Cn1nc(CS(C)(=O)=O)c2c(Cl)ccc(-c3ccc(C#CC4(O)CC(F)(F)C4)nc3[C@@H](N)Cc3cccc(F)c3)c21. The van der Waals surface area contributed by atoms with Gasteiger partial charge in [0, 0.05) is 29.8 Å². The number of halogens is 4. The average molecular weight is 603 g/mol. The summed E-state index contributed by atoms with van der Waals surface area (Å²) in [6.45, 7) is 0. The number of aryl methyl sites for hydroxylation is 1. The number of sulfone groups is 1. The molecule has 0 bridgehead atoms. The highest BCUT2D eigenvalue weighted by Crippen LogP contribution is 2.45. The number of aromatic nitrogens is 3. The molecule has 0 spiro atoms. The minimum Gasteiger partial charge on any atom is -0.377 e. The van der Waals surface area contributed by atoms with Crippen molar-refractivity contribution in [3.8, 4) is 23.0 Å². The molecule has 12 heteroatoms. The lowest BCUT2D eigenvalue weighted by atomic mass is 9.77. The Hall–Kier alpha value is -3.43. The molecule has 0 unspecified atom stereocenters. The highest BCUT2D eigenvalue weighted by molar-refractivity contribution is 7.89. The summed E-state index contributed by atoms with van der Waals surface area (Å²) in [5.74, 6) is 1.51. The van der Waals surface area contributed by atoms with Crippen molar-refractivity contribution in [2.75, 3.05) is 6.26 Å². The molecule has 214 valence electrons. The maximum Gasteiger partial charge on any atom is 0.255 e. The van der Waals surface area contributed by atoms with E-state index >= 15 is 0 Å². The van der Waals surface area contributed by atoms with Crippen LogP contribution in [-0.4, -0.2) is 46.1 Å². The predicted octanol–water partition coefficient (Wildman–Crippen LogP) is 4.73. The van der Waals surface area contributed by atoms with Gasteiger partial charge in [0.25, 0.3) is 5.92 Å². The molecule has 0 radical (unpaired) electrons. The lowest BCUT2D eigenvalue weighted by Gasteiger charge is -2.39. The first kappa shape index (κ1) is 29.1. The quantitative estimate of drug-likeness (QED) is 0.309. The van der Waals surface area contributed by atoms with Crippen molar-refractivity contribution in [3.63, 3.8) is 0 Å². The van der Waals surface area contributed by atoms with E-state index in [2.05, 4.69) is 21.9 Å². The van der Waals surface area contributed by atoms with Crippen molar-refractivity contribution < 1.29 is 26.7 Å². The van der Waals surface area contributed by atoms with Crippen LogP contribution in [0.2, 0.25) is 5.02 Å². The molecular formula is C29H26ClF3N4O3S. The zero-order valence-electron chi connectivity index (χ0n) is 22.1. The third kappa shape index (κ3) is 6.26. The molecule has 0 saturated heterocycles. The van der Waals surface area contributed by atoms with Gasteiger partial charge in [-0.2, -0.15) is 5.10 Å². The van der Waals surface area contributed by atoms with Crippen molar-refractivity contribution in [2.45, 2.75) is 42.6 Å². The largest absolute Gasteiger partial charge is 0.377 e.